The zero-order valence-electron chi connectivity index (χ0n) is 17.9. The summed E-state index contributed by atoms with van der Waals surface area (Å²) in [5.41, 5.74) is 3.19. The first-order valence-corrected chi connectivity index (χ1v) is 11.1. The Balaban J connectivity index is 1.32. The van der Waals surface area contributed by atoms with Crippen LogP contribution in [0.4, 0.5) is 21.9 Å². The van der Waals surface area contributed by atoms with Gasteiger partial charge in [0.2, 0.25) is 0 Å². The fourth-order valence-electron chi connectivity index (χ4n) is 3.03. The third-order valence-corrected chi connectivity index (χ3v) is 5.40. The number of carbonyl (C=O) groups is 2. The number of rotatable bonds is 7. The van der Waals surface area contributed by atoms with E-state index >= 15 is 0 Å². The van der Waals surface area contributed by atoms with E-state index in [4.69, 9.17) is 4.74 Å². The highest BCUT2D eigenvalue weighted by atomic mass is 32.1. The van der Waals surface area contributed by atoms with Crippen LogP contribution in [0.25, 0.3) is 0 Å². The van der Waals surface area contributed by atoms with Gasteiger partial charge in [-0.1, -0.05) is 24.3 Å². The fourth-order valence-corrected chi connectivity index (χ4v) is 3.62. The molecule has 1 aromatic heterocycles. The number of anilines is 3. The highest BCUT2D eigenvalue weighted by Crippen LogP contribution is 2.19. The Morgan fingerprint density at radius 1 is 0.848 bits per heavy atom. The van der Waals surface area contributed by atoms with Crippen LogP contribution in [0.1, 0.15) is 21.1 Å². The molecule has 0 radical (unpaired) electrons. The standard InChI is InChI=1S/C25H22N4O3S/c1-17-26-22(16-33-17)15-32-23-12-10-18(11-13-23)24(30)27-20-8-5-9-21(14-20)29-25(31)28-19-6-3-2-4-7-19/h2-14,16H,15H2,1H3,(H,27,30)(H2,28,29,31). The van der Waals surface area contributed by atoms with Crippen LogP contribution in [-0.2, 0) is 6.61 Å². The zero-order valence-corrected chi connectivity index (χ0v) is 18.7. The maximum Gasteiger partial charge on any atom is 0.323 e. The third kappa shape index (κ3) is 6.41. The summed E-state index contributed by atoms with van der Waals surface area (Å²) in [5.74, 6) is 0.399. The van der Waals surface area contributed by atoms with Gasteiger partial charge in [0, 0.05) is 28.0 Å². The number of thiazole rings is 1. The van der Waals surface area contributed by atoms with Crippen LogP contribution < -0.4 is 20.7 Å². The largest absolute Gasteiger partial charge is 0.487 e. The number of nitrogens with one attached hydrogen (secondary N) is 3. The number of aromatic nitrogens is 1. The maximum atomic E-state index is 12.6. The van der Waals surface area contributed by atoms with Crippen molar-refractivity contribution in [3.63, 3.8) is 0 Å². The lowest BCUT2D eigenvalue weighted by Crippen LogP contribution is -2.19. The van der Waals surface area contributed by atoms with E-state index in [1.54, 1.807) is 72.0 Å². The molecule has 33 heavy (non-hydrogen) atoms. The molecule has 0 fully saturated rings. The molecule has 0 bridgehead atoms. The van der Waals surface area contributed by atoms with E-state index < -0.39 is 0 Å². The quantitative estimate of drug-likeness (QED) is 0.320. The average molecular weight is 459 g/mol. The van der Waals surface area contributed by atoms with Crippen LogP contribution in [-0.4, -0.2) is 16.9 Å². The van der Waals surface area contributed by atoms with Crippen molar-refractivity contribution in [2.24, 2.45) is 0 Å². The Bertz CT molecular complexity index is 1240. The molecule has 166 valence electrons. The summed E-state index contributed by atoms with van der Waals surface area (Å²) in [4.78, 5) is 29.2. The second-order valence-corrected chi connectivity index (χ2v) is 8.21. The predicted octanol–water partition coefficient (Wildman–Crippen LogP) is 5.93. The van der Waals surface area contributed by atoms with Gasteiger partial charge in [0.1, 0.15) is 12.4 Å². The molecule has 4 rings (SSSR count). The van der Waals surface area contributed by atoms with Crippen molar-refractivity contribution in [3.8, 4) is 5.75 Å². The summed E-state index contributed by atoms with van der Waals surface area (Å²) in [6, 6.07) is 22.6. The van der Waals surface area contributed by atoms with Crippen LogP contribution >= 0.6 is 11.3 Å². The van der Waals surface area contributed by atoms with Crippen molar-refractivity contribution < 1.29 is 14.3 Å². The van der Waals surface area contributed by atoms with Gasteiger partial charge in [0.25, 0.3) is 5.91 Å². The van der Waals surface area contributed by atoms with E-state index in [1.165, 1.54) is 0 Å². The zero-order chi connectivity index (χ0) is 23.0. The minimum Gasteiger partial charge on any atom is -0.487 e. The number of para-hydroxylation sites is 1. The number of urea groups is 1. The molecule has 3 aromatic carbocycles. The molecule has 3 N–H and O–H groups in total. The molecular formula is C25H22N4O3S. The number of hydrogen-bond acceptors (Lipinski definition) is 5. The topological polar surface area (TPSA) is 92.3 Å². The third-order valence-electron chi connectivity index (χ3n) is 4.58. The van der Waals surface area contributed by atoms with Crippen LogP contribution in [0.5, 0.6) is 5.75 Å². The lowest BCUT2D eigenvalue weighted by Gasteiger charge is -2.10. The molecule has 0 saturated heterocycles. The van der Waals surface area contributed by atoms with E-state index in [0.717, 1.165) is 10.7 Å². The monoisotopic (exact) mass is 458 g/mol. The van der Waals surface area contributed by atoms with Crippen molar-refractivity contribution in [2.75, 3.05) is 16.0 Å². The lowest BCUT2D eigenvalue weighted by atomic mass is 10.2. The normalized spacial score (nSPS) is 10.3. The van der Waals surface area contributed by atoms with Gasteiger partial charge < -0.3 is 20.7 Å². The van der Waals surface area contributed by atoms with Crippen LogP contribution in [0.3, 0.4) is 0 Å². The number of hydrogen-bond donors (Lipinski definition) is 3. The molecule has 0 aliphatic heterocycles. The predicted molar refractivity (Wildman–Crippen MR) is 131 cm³/mol. The minimum absolute atomic E-state index is 0.262. The van der Waals surface area contributed by atoms with E-state index in [2.05, 4.69) is 20.9 Å². The van der Waals surface area contributed by atoms with Crippen LogP contribution in [0.2, 0.25) is 0 Å². The molecule has 7 nitrogen and oxygen atoms in total. The van der Waals surface area contributed by atoms with Gasteiger partial charge in [-0.25, -0.2) is 9.78 Å². The Labute approximate surface area is 195 Å². The first-order chi connectivity index (χ1) is 16.0. The number of amides is 3. The summed E-state index contributed by atoms with van der Waals surface area (Å²) in [7, 11) is 0. The van der Waals surface area contributed by atoms with E-state index in [9.17, 15) is 9.59 Å². The van der Waals surface area contributed by atoms with Crippen LogP contribution in [0.15, 0.2) is 84.2 Å². The SMILES string of the molecule is Cc1nc(COc2ccc(C(=O)Nc3cccc(NC(=O)Nc4ccccc4)c3)cc2)cs1. The molecule has 4 aromatic rings. The molecule has 1 heterocycles. The first kappa shape index (κ1) is 22.0. The molecule has 3 amide bonds. The van der Waals surface area contributed by atoms with Crippen LogP contribution in [0, 0.1) is 6.92 Å². The highest BCUT2D eigenvalue weighted by Gasteiger charge is 2.09. The number of nitrogens with zero attached hydrogens (tertiary/aromatic N) is 1. The highest BCUT2D eigenvalue weighted by molar-refractivity contribution is 7.09. The van der Waals surface area contributed by atoms with Gasteiger partial charge >= 0.3 is 6.03 Å². The summed E-state index contributed by atoms with van der Waals surface area (Å²) in [5, 5.41) is 11.3. The smallest absolute Gasteiger partial charge is 0.323 e. The summed E-state index contributed by atoms with van der Waals surface area (Å²) in [6.45, 7) is 2.33. The van der Waals surface area contributed by atoms with Gasteiger partial charge in [-0.3, -0.25) is 4.79 Å². The van der Waals surface area contributed by atoms with Gasteiger partial charge in [-0.15, -0.1) is 11.3 Å². The molecule has 8 heteroatoms. The first-order valence-electron chi connectivity index (χ1n) is 10.2. The Morgan fingerprint density at radius 2 is 1.52 bits per heavy atom. The van der Waals surface area contributed by atoms with Crippen molar-refractivity contribution in [3.05, 3.63) is 101 Å². The van der Waals surface area contributed by atoms with Crippen molar-refractivity contribution >= 4 is 40.3 Å². The number of carbonyl (C=O) groups excluding carboxylic acids is 2. The van der Waals surface area contributed by atoms with Gasteiger partial charge in [0.15, 0.2) is 0 Å². The number of aryl methyl sites for hydroxylation is 1. The molecule has 0 atom stereocenters. The molecule has 0 unspecified atom stereocenters. The molecule has 0 aliphatic carbocycles. The lowest BCUT2D eigenvalue weighted by molar-refractivity contribution is 0.102. The summed E-state index contributed by atoms with van der Waals surface area (Å²) in [6.07, 6.45) is 0. The average Bonchev–Trinajstić information content (AvgIpc) is 3.24. The van der Waals surface area contributed by atoms with E-state index in [0.29, 0.717) is 35.0 Å². The van der Waals surface area contributed by atoms with Gasteiger partial charge in [0.05, 0.1) is 10.7 Å². The number of ether oxygens (including phenoxy) is 1. The Hall–Kier alpha value is -4.17. The fraction of sp³-hybridized carbons (Fsp3) is 0.0800. The van der Waals surface area contributed by atoms with Gasteiger partial charge in [-0.05, 0) is 61.5 Å². The second kappa shape index (κ2) is 10.4. The van der Waals surface area contributed by atoms with Crippen molar-refractivity contribution in [1.29, 1.82) is 0 Å². The number of benzene rings is 3. The Morgan fingerprint density at radius 3 is 2.21 bits per heavy atom. The summed E-state index contributed by atoms with van der Waals surface area (Å²) < 4.78 is 5.72. The van der Waals surface area contributed by atoms with Crippen molar-refractivity contribution in [1.82, 2.24) is 4.98 Å². The summed E-state index contributed by atoms with van der Waals surface area (Å²) >= 11 is 1.58. The minimum atomic E-state index is -0.368. The molecule has 0 saturated carbocycles. The maximum absolute atomic E-state index is 12.6. The Kier molecular flexibility index (Phi) is 6.96. The molecule has 0 spiro atoms. The van der Waals surface area contributed by atoms with Gasteiger partial charge in [-0.2, -0.15) is 0 Å². The van der Waals surface area contributed by atoms with E-state index in [1.807, 2.05) is 30.5 Å². The van der Waals surface area contributed by atoms with E-state index in [-0.39, 0.29) is 11.9 Å². The molecular weight excluding hydrogens is 436 g/mol. The molecule has 0 aliphatic rings. The second-order valence-electron chi connectivity index (χ2n) is 7.15. The van der Waals surface area contributed by atoms with Crippen molar-refractivity contribution in [2.45, 2.75) is 13.5 Å².